The van der Waals surface area contributed by atoms with Gasteiger partial charge >= 0.3 is 0 Å². The fourth-order valence-electron chi connectivity index (χ4n) is 1.60. The quantitative estimate of drug-likeness (QED) is 0.636. The van der Waals surface area contributed by atoms with Gasteiger partial charge in [-0.3, -0.25) is 4.79 Å². The third-order valence-electron chi connectivity index (χ3n) is 2.51. The topological polar surface area (TPSA) is 33.2 Å². The average molecular weight is 196 g/mol. The molecule has 1 atom stereocenters. The lowest BCUT2D eigenvalue weighted by atomic mass is 10.0. The van der Waals surface area contributed by atoms with Gasteiger partial charge in [0.2, 0.25) is 5.91 Å². The van der Waals surface area contributed by atoms with Crippen LogP contribution < -0.4 is 4.90 Å². The molecule has 2 heterocycles. The van der Waals surface area contributed by atoms with Crippen molar-refractivity contribution in [2.45, 2.75) is 25.7 Å². The molecule has 0 fully saturated rings. The number of hydrogen-bond acceptors (Lipinski definition) is 3. The Balaban J connectivity index is 2.46. The van der Waals surface area contributed by atoms with Gasteiger partial charge in [-0.25, -0.2) is 4.98 Å². The van der Waals surface area contributed by atoms with E-state index in [-0.39, 0.29) is 5.91 Å². The molecule has 1 amide bonds. The Bertz CT molecular complexity index is 334. The Morgan fingerprint density at radius 2 is 2.46 bits per heavy atom. The van der Waals surface area contributed by atoms with E-state index in [1.165, 1.54) is 0 Å². The van der Waals surface area contributed by atoms with E-state index >= 15 is 0 Å². The van der Waals surface area contributed by atoms with Gasteiger partial charge in [0.05, 0.1) is 11.2 Å². The summed E-state index contributed by atoms with van der Waals surface area (Å²) in [4.78, 5) is 17.6. The highest BCUT2D eigenvalue weighted by atomic mass is 32.1. The van der Waals surface area contributed by atoms with Crippen LogP contribution in [0.15, 0.2) is 5.51 Å². The summed E-state index contributed by atoms with van der Waals surface area (Å²) in [7, 11) is 1.83. The monoisotopic (exact) mass is 196 g/mol. The van der Waals surface area contributed by atoms with Crippen LogP contribution in [-0.2, 0) is 4.79 Å². The molecule has 4 heteroatoms. The number of anilines is 1. The van der Waals surface area contributed by atoms with Crippen molar-refractivity contribution in [2.24, 2.45) is 0 Å². The van der Waals surface area contributed by atoms with Gasteiger partial charge in [0.1, 0.15) is 5.00 Å². The number of carbonyl (C=O) groups is 1. The minimum Gasteiger partial charge on any atom is -0.305 e. The minimum atomic E-state index is 0.204. The van der Waals surface area contributed by atoms with Crippen LogP contribution in [0, 0.1) is 0 Å². The van der Waals surface area contributed by atoms with Crippen molar-refractivity contribution in [1.82, 2.24) is 4.98 Å². The predicted molar refractivity (Wildman–Crippen MR) is 53.2 cm³/mol. The Kier molecular flexibility index (Phi) is 2.07. The zero-order valence-electron chi connectivity index (χ0n) is 7.78. The summed E-state index contributed by atoms with van der Waals surface area (Å²) >= 11 is 1.55. The number of aromatic nitrogens is 1. The Morgan fingerprint density at radius 1 is 1.69 bits per heavy atom. The first-order chi connectivity index (χ1) is 6.20. The van der Waals surface area contributed by atoms with Gasteiger partial charge in [0.15, 0.2) is 0 Å². The second-order valence-corrected chi connectivity index (χ2v) is 4.27. The van der Waals surface area contributed by atoms with Crippen molar-refractivity contribution in [3.63, 3.8) is 0 Å². The molecule has 0 aliphatic carbocycles. The zero-order valence-corrected chi connectivity index (χ0v) is 8.60. The van der Waals surface area contributed by atoms with Crippen molar-refractivity contribution in [3.05, 3.63) is 11.2 Å². The summed E-state index contributed by atoms with van der Waals surface area (Å²) in [6.45, 7) is 2.13. The van der Waals surface area contributed by atoms with Crippen LogP contribution in [0.2, 0.25) is 0 Å². The molecule has 0 radical (unpaired) electrons. The van der Waals surface area contributed by atoms with Crippen molar-refractivity contribution in [2.75, 3.05) is 11.9 Å². The number of nitrogens with zero attached hydrogens (tertiary/aromatic N) is 2. The molecule has 1 unspecified atom stereocenters. The molecule has 0 spiro atoms. The number of rotatable bonds is 0. The van der Waals surface area contributed by atoms with Gasteiger partial charge in [-0.15, -0.1) is 11.3 Å². The van der Waals surface area contributed by atoms with Crippen LogP contribution in [0.3, 0.4) is 0 Å². The fraction of sp³-hybridized carbons (Fsp3) is 0.556. The first kappa shape index (κ1) is 8.69. The fourth-order valence-corrected chi connectivity index (χ4v) is 2.50. The standard InChI is InChI=1S/C9H12N2OS/c1-6-3-4-7(12)11(2)9-8(6)10-5-13-9/h5-6H,3-4H2,1-2H3. The SMILES string of the molecule is CC1CCC(=O)N(C)c2scnc21. The van der Waals surface area contributed by atoms with E-state index in [4.69, 9.17) is 0 Å². The Labute approximate surface area is 81.4 Å². The molecular weight excluding hydrogens is 184 g/mol. The molecule has 3 nitrogen and oxygen atoms in total. The lowest BCUT2D eigenvalue weighted by molar-refractivity contribution is -0.118. The lowest BCUT2D eigenvalue weighted by Gasteiger charge is -2.12. The third kappa shape index (κ3) is 1.35. The zero-order chi connectivity index (χ0) is 9.42. The van der Waals surface area contributed by atoms with E-state index in [2.05, 4.69) is 11.9 Å². The van der Waals surface area contributed by atoms with Gasteiger partial charge in [-0.1, -0.05) is 6.92 Å². The van der Waals surface area contributed by atoms with E-state index < -0.39 is 0 Å². The summed E-state index contributed by atoms with van der Waals surface area (Å²) in [6.07, 6.45) is 1.56. The van der Waals surface area contributed by atoms with E-state index in [0.717, 1.165) is 17.1 Å². The van der Waals surface area contributed by atoms with E-state index in [9.17, 15) is 4.79 Å². The second kappa shape index (κ2) is 3.10. The molecule has 2 rings (SSSR count). The highest BCUT2D eigenvalue weighted by molar-refractivity contribution is 7.14. The molecular formula is C9H12N2OS. The molecule has 1 aromatic rings. The summed E-state index contributed by atoms with van der Waals surface area (Å²) in [5.74, 6) is 0.616. The average Bonchev–Trinajstić information content (AvgIpc) is 2.57. The molecule has 0 N–H and O–H groups in total. The van der Waals surface area contributed by atoms with Crippen LogP contribution in [0.5, 0.6) is 0 Å². The third-order valence-corrected chi connectivity index (χ3v) is 3.43. The molecule has 1 aliphatic rings. The van der Waals surface area contributed by atoms with Crippen molar-refractivity contribution >= 4 is 22.2 Å². The van der Waals surface area contributed by atoms with Crippen molar-refractivity contribution in [3.8, 4) is 0 Å². The highest BCUT2D eigenvalue weighted by Crippen LogP contribution is 2.35. The molecule has 0 bridgehead atoms. The molecule has 13 heavy (non-hydrogen) atoms. The first-order valence-corrected chi connectivity index (χ1v) is 5.28. The maximum absolute atomic E-state index is 11.5. The van der Waals surface area contributed by atoms with Gasteiger partial charge in [-0.2, -0.15) is 0 Å². The van der Waals surface area contributed by atoms with Crippen molar-refractivity contribution in [1.29, 1.82) is 0 Å². The molecule has 0 saturated heterocycles. The largest absolute Gasteiger partial charge is 0.305 e. The van der Waals surface area contributed by atoms with Crippen LogP contribution in [-0.4, -0.2) is 17.9 Å². The first-order valence-electron chi connectivity index (χ1n) is 4.40. The minimum absolute atomic E-state index is 0.204. The number of amides is 1. The molecule has 0 aromatic carbocycles. The van der Waals surface area contributed by atoms with E-state index in [0.29, 0.717) is 12.3 Å². The van der Waals surface area contributed by atoms with E-state index in [1.807, 2.05) is 12.6 Å². The van der Waals surface area contributed by atoms with Crippen LogP contribution >= 0.6 is 11.3 Å². The van der Waals surface area contributed by atoms with E-state index in [1.54, 1.807) is 16.2 Å². The Hall–Kier alpha value is -0.900. The van der Waals surface area contributed by atoms with Gasteiger partial charge < -0.3 is 4.90 Å². The number of thiazole rings is 1. The van der Waals surface area contributed by atoms with Gasteiger partial charge in [0, 0.05) is 19.4 Å². The van der Waals surface area contributed by atoms with Crippen LogP contribution in [0.4, 0.5) is 5.00 Å². The highest BCUT2D eigenvalue weighted by Gasteiger charge is 2.25. The molecule has 1 aliphatic heterocycles. The summed E-state index contributed by atoms with van der Waals surface area (Å²) < 4.78 is 0. The summed E-state index contributed by atoms with van der Waals surface area (Å²) in [5.41, 5.74) is 2.90. The lowest BCUT2D eigenvalue weighted by Crippen LogP contribution is -2.23. The molecule has 0 saturated carbocycles. The number of fused-ring (bicyclic) bond motifs is 1. The smallest absolute Gasteiger partial charge is 0.227 e. The number of hydrogen-bond donors (Lipinski definition) is 0. The van der Waals surface area contributed by atoms with Crippen molar-refractivity contribution < 1.29 is 4.79 Å². The van der Waals surface area contributed by atoms with Gasteiger partial charge in [0.25, 0.3) is 0 Å². The number of carbonyl (C=O) groups excluding carboxylic acids is 1. The summed E-state index contributed by atoms with van der Waals surface area (Å²) in [5, 5.41) is 1.02. The van der Waals surface area contributed by atoms with Crippen LogP contribution in [0.1, 0.15) is 31.4 Å². The normalized spacial score (nSPS) is 22.8. The Morgan fingerprint density at radius 3 is 3.23 bits per heavy atom. The second-order valence-electron chi connectivity index (χ2n) is 3.44. The predicted octanol–water partition coefficient (Wildman–Crippen LogP) is 2.00. The van der Waals surface area contributed by atoms with Crippen LogP contribution in [0.25, 0.3) is 0 Å². The molecule has 1 aromatic heterocycles. The maximum Gasteiger partial charge on any atom is 0.227 e. The summed E-state index contributed by atoms with van der Waals surface area (Å²) in [6, 6.07) is 0. The van der Waals surface area contributed by atoms with Gasteiger partial charge in [-0.05, 0) is 6.42 Å². The molecule has 70 valence electrons. The maximum atomic E-state index is 11.5.